The highest BCUT2D eigenvalue weighted by Crippen LogP contribution is 2.30. The number of hydrogen-bond acceptors (Lipinski definition) is 4. The fourth-order valence-corrected chi connectivity index (χ4v) is 4.08. The van der Waals surface area contributed by atoms with Crippen LogP contribution in [-0.4, -0.2) is 78.0 Å². The number of guanidine groups is 1. The smallest absolute Gasteiger partial charge is 0.193 e. The van der Waals surface area contributed by atoms with Gasteiger partial charge in [-0.2, -0.15) is 5.10 Å². The SMILES string of the molecule is CN=C(NCC1(N2CCCC2)CCOCC1)N(C)Cc1cnn(C)c1.I. The van der Waals surface area contributed by atoms with Gasteiger partial charge in [0.05, 0.1) is 6.20 Å². The second-order valence-corrected chi connectivity index (χ2v) is 7.31. The van der Waals surface area contributed by atoms with Crippen molar-refractivity contribution in [3.8, 4) is 0 Å². The minimum absolute atomic E-state index is 0. The van der Waals surface area contributed by atoms with Crippen molar-refractivity contribution in [1.29, 1.82) is 0 Å². The average molecular weight is 476 g/mol. The molecule has 2 aliphatic rings. The first-order valence-electron chi connectivity index (χ1n) is 9.35. The van der Waals surface area contributed by atoms with Crippen molar-refractivity contribution in [2.45, 2.75) is 37.8 Å². The Hall–Kier alpha value is -0.870. The normalized spacial score (nSPS) is 20.7. The summed E-state index contributed by atoms with van der Waals surface area (Å²) in [5, 5.41) is 7.88. The van der Waals surface area contributed by atoms with Crippen LogP contribution in [0.2, 0.25) is 0 Å². The van der Waals surface area contributed by atoms with Crippen LogP contribution in [0.25, 0.3) is 0 Å². The quantitative estimate of drug-likeness (QED) is 0.399. The molecule has 0 atom stereocenters. The molecule has 3 rings (SSSR count). The van der Waals surface area contributed by atoms with Crippen molar-refractivity contribution in [2.24, 2.45) is 12.0 Å². The summed E-state index contributed by atoms with van der Waals surface area (Å²) in [5.74, 6) is 0.939. The molecule has 2 saturated heterocycles. The van der Waals surface area contributed by atoms with Crippen LogP contribution in [0.5, 0.6) is 0 Å². The number of aryl methyl sites for hydroxylation is 1. The summed E-state index contributed by atoms with van der Waals surface area (Å²) in [6, 6.07) is 0. The molecule has 1 aromatic heterocycles. The third-order valence-electron chi connectivity index (χ3n) is 5.53. The Labute approximate surface area is 174 Å². The third kappa shape index (κ3) is 5.10. The zero-order chi connectivity index (χ0) is 17.7. The van der Waals surface area contributed by atoms with Crippen molar-refractivity contribution in [1.82, 2.24) is 24.9 Å². The maximum atomic E-state index is 5.64. The van der Waals surface area contributed by atoms with Crippen LogP contribution in [0, 0.1) is 0 Å². The van der Waals surface area contributed by atoms with E-state index in [1.54, 1.807) is 0 Å². The molecular formula is C18H33IN6O. The van der Waals surface area contributed by atoms with Gasteiger partial charge in [0.25, 0.3) is 0 Å². The van der Waals surface area contributed by atoms with E-state index in [1.165, 1.54) is 31.5 Å². The Morgan fingerprint density at radius 1 is 1.35 bits per heavy atom. The van der Waals surface area contributed by atoms with Crippen molar-refractivity contribution in [3.05, 3.63) is 18.0 Å². The van der Waals surface area contributed by atoms with E-state index in [0.717, 1.165) is 45.1 Å². The van der Waals surface area contributed by atoms with Gasteiger partial charge in [-0.3, -0.25) is 14.6 Å². The van der Waals surface area contributed by atoms with Crippen molar-refractivity contribution in [2.75, 3.05) is 46.9 Å². The molecule has 0 amide bonds. The van der Waals surface area contributed by atoms with E-state index in [-0.39, 0.29) is 29.5 Å². The fourth-order valence-electron chi connectivity index (χ4n) is 4.08. The van der Waals surface area contributed by atoms with Crippen LogP contribution in [0.15, 0.2) is 17.4 Å². The minimum atomic E-state index is 0. The van der Waals surface area contributed by atoms with E-state index in [0.29, 0.717) is 0 Å². The standard InChI is InChI=1S/C18H32N6O.HI/c1-19-17(22(2)13-16-12-21-23(3)14-16)20-15-18(6-10-25-11-7-18)24-8-4-5-9-24;/h12,14H,4-11,13,15H2,1-3H3,(H,19,20);1H. The number of rotatable bonds is 5. The summed E-state index contributed by atoms with van der Waals surface area (Å²) in [7, 11) is 5.88. The molecule has 0 aromatic carbocycles. The van der Waals surface area contributed by atoms with Gasteiger partial charge in [-0.25, -0.2) is 0 Å². The van der Waals surface area contributed by atoms with Gasteiger partial charge in [-0.1, -0.05) is 0 Å². The van der Waals surface area contributed by atoms with Crippen LogP contribution in [0.3, 0.4) is 0 Å². The number of likely N-dealkylation sites (tertiary alicyclic amines) is 1. The molecule has 7 nitrogen and oxygen atoms in total. The fraction of sp³-hybridized carbons (Fsp3) is 0.778. The molecule has 0 spiro atoms. The topological polar surface area (TPSA) is 57.9 Å². The summed E-state index contributed by atoms with van der Waals surface area (Å²) in [5.41, 5.74) is 1.40. The molecule has 3 heterocycles. The summed E-state index contributed by atoms with van der Waals surface area (Å²) in [4.78, 5) is 9.33. The molecular weight excluding hydrogens is 443 g/mol. The molecule has 26 heavy (non-hydrogen) atoms. The summed E-state index contributed by atoms with van der Waals surface area (Å²) < 4.78 is 7.48. The van der Waals surface area contributed by atoms with Gasteiger partial charge in [0.15, 0.2) is 5.96 Å². The Balaban J connectivity index is 0.00000243. The number of aromatic nitrogens is 2. The van der Waals surface area contributed by atoms with Gasteiger partial charge in [0, 0.05) is 64.7 Å². The zero-order valence-corrected chi connectivity index (χ0v) is 18.6. The van der Waals surface area contributed by atoms with Gasteiger partial charge in [-0.15, -0.1) is 24.0 Å². The Kier molecular flexibility index (Phi) is 8.15. The van der Waals surface area contributed by atoms with E-state index < -0.39 is 0 Å². The van der Waals surface area contributed by atoms with Gasteiger partial charge in [0.2, 0.25) is 0 Å². The van der Waals surface area contributed by atoms with Crippen molar-refractivity contribution >= 4 is 29.9 Å². The lowest BCUT2D eigenvalue weighted by molar-refractivity contribution is -0.0166. The largest absolute Gasteiger partial charge is 0.381 e. The van der Waals surface area contributed by atoms with Gasteiger partial charge < -0.3 is 15.0 Å². The Morgan fingerprint density at radius 3 is 2.62 bits per heavy atom. The van der Waals surface area contributed by atoms with Crippen molar-refractivity contribution in [3.63, 3.8) is 0 Å². The number of halogens is 1. The Morgan fingerprint density at radius 2 is 2.04 bits per heavy atom. The number of ether oxygens (including phenoxy) is 1. The highest BCUT2D eigenvalue weighted by Gasteiger charge is 2.39. The van der Waals surface area contributed by atoms with Gasteiger partial charge >= 0.3 is 0 Å². The average Bonchev–Trinajstić information content (AvgIpc) is 3.28. The molecule has 2 fully saturated rings. The summed E-state index contributed by atoms with van der Waals surface area (Å²) >= 11 is 0. The predicted molar refractivity (Wildman–Crippen MR) is 115 cm³/mol. The maximum absolute atomic E-state index is 5.64. The second kappa shape index (κ2) is 9.89. The molecule has 148 valence electrons. The number of nitrogens with one attached hydrogen (secondary N) is 1. The summed E-state index contributed by atoms with van der Waals surface area (Å²) in [6.45, 7) is 5.88. The van der Waals surface area contributed by atoms with Crippen LogP contribution >= 0.6 is 24.0 Å². The highest BCUT2D eigenvalue weighted by atomic mass is 127. The molecule has 2 aliphatic heterocycles. The summed E-state index contributed by atoms with van der Waals surface area (Å²) in [6.07, 6.45) is 8.80. The van der Waals surface area contributed by atoms with Gasteiger partial charge in [-0.05, 0) is 38.8 Å². The lowest BCUT2D eigenvalue weighted by atomic mass is 9.88. The van der Waals surface area contributed by atoms with E-state index in [4.69, 9.17) is 4.74 Å². The maximum Gasteiger partial charge on any atom is 0.193 e. The molecule has 1 N–H and O–H groups in total. The number of aliphatic imine (C=N–C) groups is 1. The minimum Gasteiger partial charge on any atom is -0.381 e. The second-order valence-electron chi connectivity index (χ2n) is 7.31. The molecule has 8 heteroatoms. The zero-order valence-electron chi connectivity index (χ0n) is 16.3. The molecule has 0 saturated carbocycles. The van der Waals surface area contributed by atoms with E-state index in [2.05, 4.69) is 32.3 Å². The molecule has 0 aliphatic carbocycles. The van der Waals surface area contributed by atoms with E-state index in [1.807, 2.05) is 31.2 Å². The highest BCUT2D eigenvalue weighted by molar-refractivity contribution is 14.0. The number of hydrogen-bond donors (Lipinski definition) is 1. The van der Waals surface area contributed by atoms with Crippen LogP contribution in [-0.2, 0) is 18.3 Å². The first-order chi connectivity index (χ1) is 12.1. The monoisotopic (exact) mass is 476 g/mol. The third-order valence-corrected chi connectivity index (χ3v) is 5.53. The lowest BCUT2D eigenvalue weighted by Crippen LogP contribution is -2.58. The molecule has 0 bridgehead atoms. The van der Waals surface area contributed by atoms with Crippen LogP contribution in [0.1, 0.15) is 31.2 Å². The van der Waals surface area contributed by atoms with E-state index >= 15 is 0 Å². The lowest BCUT2D eigenvalue weighted by Gasteiger charge is -2.45. The van der Waals surface area contributed by atoms with Crippen LogP contribution in [0.4, 0.5) is 0 Å². The van der Waals surface area contributed by atoms with Crippen LogP contribution < -0.4 is 5.32 Å². The first kappa shape index (κ1) is 21.4. The van der Waals surface area contributed by atoms with E-state index in [9.17, 15) is 0 Å². The molecule has 0 unspecified atom stereocenters. The van der Waals surface area contributed by atoms with Crippen molar-refractivity contribution < 1.29 is 4.74 Å². The van der Waals surface area contributed by atoms with Gasteiger partial charge in [0.1, 0.15) is 0 Å². The molecule has 1 aromatic rings. The number of nitrogens with zero attached hydrogens (tertiary/aromatic N) is 5. The Bertz CT molecular complexity index is 578. The predicted octanol–water partition coefficient (Wildman–Crippen LogP) is 1.69. The first-order valence-corrected chi connectivity index (χ1v) is 9.35. The molecule has 0 radical (unpaired) electrons.